The molecule has 0 spiro atoms. The van der Waals surface area contributed by atoms with Crippen molar-refractivity contribution in [3.63, 3.8) is 0 Å². The minimum Gasteiger partial charge on any atom is -0.369 e. The van der Waals surface area contributed by atoms with Crippen molar-refractivity contribution in [1.29, 1.82) is 0 Å². The molecule has 0 radical (unpaired) electrons. The highest BCUT2D eigenvalue weighted by atomic mass is 15.3. The van der Waals surface area contributed by atoms with Crippen molar-refractivity contribution >= 4 is 5.96 Å². The van der Waals surface area contributed by atoms with Crippen LogP contribution in [-0.2, 0) is 0 Å². The second-order valence-electron chi connectivity index (χ2n) is 4.47. The van der Waals surface area contributed by atoms with Crippen LogP contribution >= 0.6 is 0 Å². The standard InChI is InChI=1S/C10H24N4/c1-4-5-6-7-10(2,3)8-13-9(11)14-12/h4-8,12H2,1-3H3,(H3,11,13,14). The lowest BCUT2D eigenvalue weighted by Crippen LogP contribution is -2.37. The number of nitrogens with two attached hydrogens (primary N) is 2. The third-order valence-corrected chi connectivity index (χ3v) is 2.28. The van der Waals surface area contributed by atoms with Crippen molar-refractivity contribution in [1.82, 2.24) is 5.43 Å². The molecule has 0 atom stereocenters. The number of nitrogens with zero attached hydrogens (tertiary/aromatic N) is 1. The molecule has 0 amide bonds. The van der Waals surface area contributed by atoms with E-state index in [0.29, 0.717) is 5.96 Å². The molecule has 0 aliphatic rings. The van der Waals surface area contributed by atoms with Crippen LogP contribution in [0.4, 0.5) is 0 Å². The lowest BCUT2D eigenvalue weighted by Gasteiger charge is -2.22. The maximum absolute atomic E-state index is 5.45. The lowest BCUT2D eigenvalue weighted by molar-refractivity contribution is 0.333. The minimum atomic E-state index is 0.219. The van der Waals surface area contributed by atoms with Crippen LogP contribution in [0.3, 0.4) is 0 Å². The SMILES string of the molecule is CCCCCC(C)(C)CN=C(N)NN. The predicted molar refractivity (Wildman–Crippen MR) is 61.7 cm³/mol. The molecular weight excluding hydrogens is 176 g/mol. The molecule has 0 bridgehead atoms. The Balaban J connectivity index is 3.82. The third kappa shape index (κ3) is 6.71. The molecule has 5 N–H and O–H groups in total. The second-order valence-corrected chi connectivity index (χ2v) is 4.47. The van der Waals surface area contributed by atoms with Gasteiger partial charge < -0.3 is 5.73 Å². The van der Waals surface area contributed by atoms with Crippen molar-refractivity contribution < 1.29 is 0 Å². The van der Waals surface area contributed by atoms with E-state index in [1.807, 2.05) is 0 Å². The Hall–Kier alpha value is -0.770. The first-order valence-electron chi connectivity index (χ1n) is 5.28. The van der Waals surface area contributed by atoms with Gasteiger partial charge in [0.1, 0.15) is 0 Å². The Kier molecular flexibility index (Phi) is 6.28. The molecule has 0 saturated heterocycles. The Labute approximate surface area is 87.1 Å². The Morgan fingerprint density at radius 1 is 1.36 bits per heavy atom. The van der Waals surface area contributed by atoms with Gasteiger partial charge in [0.05, 0.1) is 0 Å². The zero-order chi connectivity index (χ0) is 11.0. The summed E-state index contributed by atoms with van der Waals surface area (Å²) in [6.07, 6.45) is 4.99. The molecule has 0 fully saturated rings. The molecule has 0 rings (SSSR count). The van der Waals surface area contributed by atoms with Gasteiger partial charge in [0.15, 0.2) is 0 Å². The summed E-state index contributed by atoms with van der Waals surface area (Å²) in [5, 5.41) is 0. The molecule has 4 nitrogen and oxygen atoms in total. The van der Waals surface area contributed by atoms with Gasteiger partial charge in [-0.15, -0.1) is 0 Å². The largest absolute Gasteiger partial charge is 0.369 e. The smallest absolute Gasteiger partial charge is 0.203 e. The monoisotopic (exact) mass is 200 g/mol. The molecule has 0 aliphatic carbocycles. The van der Waals surface area contributed by atoms with E-state index in [1.165, 1.54) is 25.7 Å². The summed E-state index contributed by atoms with van der Waals surface area (Å²) in [4.78, 5) is 4.15. The van der Waals surface area contributed by atoms with Crippen molar-refractivity contribution in [3.05, 3.63) is 0 Å². The van der Waals surface area contributed by atoms with Crippen molar-refractivity contribution in [3.8, 4) is 0 Å². The van der Waals surface area contributed by atoms with E-state index < -0.39 is 0 Å². The first kappa shape index (κ1) is 13.2. The van der Waals surface area contributed by atoms with Gasteiger partial charge in [0.2, 0.25) is 5.96 Å². The predicted octanol–water partition coefficient (Wildman–Crippen LogP) is 1.37. The summed E-state index contributed by atoms with van der Waals surface area (Å²) >= 11 is 0. The summed E-state index contributed by atoms with van der Waals surface area (Å²) in [5.74, 6) is 5.43. The van der Waals surface area contributed by atoms with Gasteiger partial charge >= 0.3 is 0 Å². The van der Waals surface area contributed by atoms with Crippen molar-refractivity contribution in [2.24, 2.45) is 22.0 Å². The minimum absolute atomic E-state index is 0.219. The number of nitrogens with one attached hydrogen (secondary N) is 1. The summed E-state index contributed by atoms with van der Waals surface area (Å²) < 4.78 is 0. The molecule has 0 saturated carbocycles. The number of rotatable bonds is 6. The topological polar surface area (TPSA) is 76.4 Å². The van der Waals surface area contributed by atoms with Crippen LogP contribution in [0.1, 0.15) is 46.5 Å². The number of guanidine groups is 1. The summed E-state index contributed by atoms with van der Waals surface area (Å²) in [6.45, 7) is 7.35. The van der Waals surface area contributed by atoms with Crippen LogP contribution in [0.2, 0.25) is 0 Å². The van der Waals surface area contributed by atoms with E-state index in [2.05, 4.69) is 31.2 Å². The van der Waals surface area contributed by atoms with Crippen LogP contribution in [0, 0.1) is 5.41 Å². The fraction of sp³-hybridized carbons (Fsp3) is 0.900. The van der Waals surface area contributed by atoms with Gasteiger partial charge in [-0.25, -0.2) is 5.84 Å². The first-order valence-corrected chi connectivity index (χ1v) is 5.28. The van der Waals surface area contributed by atoms with Crippen molar-refractivity contribution in [2.45, 2.75) is 46.5 Å². The normalized spacial score (nSPS) is 13.0. The van der Waals surface area contributed by atoms with Crippen LogP contribution < -0.4 is 17.0 Å². The average Bonchev–Trinajstić information content (AvgIpc) is 2.14. The molecule has 0 unspecified atom stereocenters. The molecule has 4 heteroatoms. The molecule has 0 heterocycles. The van der Waals surface area contributed by atoms with E-state index in [-0.39, 0.29) is 5.41 Å². The van der Waals surface area contributed by atoms with Gasteiger partial charge in [-0.3, -0.25) is 10.4 Å². The number of aliphatic imine (C=N–C) groups is 1. The molecular formula is C10H24N4. The number of hydrogen-bond donors (Lipinski definition) is 3. The number of unbranched alkanes of at least 4 members (excludes halogenated alkanes) is 2. The zero-order valence-electron chi connectivity index (χ0n) is 9.64. The van der Waals surface area contributed by atoms with Gasteiger partial charge in [0, 0.05) is 6.54 Å². The molecule has 84 valence electrons. The second kappa shape index (κ2) is 6.65. The van der Waals surface area contributed by atoms with E-state index in [4.69, 9.17) is 11.6 Å². The molecule has 0 aliphatic heterocycles. The summed E-state index contributed by atoms with van der Waals surface area (Å²) in [5.41, 5.74) is 8.00. The van der Waals surface area contributed by atoms with Crippen molar-refractivity contribution in [2.75, 3.05) is 6.54 Å². The number of hydrazine groups is 1. The third-order valence-electron chi connectivity index (χ3n) is 2.28. The highest BCUT2D eigenvalue weighted by Crippen LogP contribution is 2.23. The van der Waals surface area contributed by atoms with Crippen LogP contribution in [0.5, 0.6) is 0 Å². The van der Waals surface area contributed by atoms with E-state index >= 15 is 0 Å². The fourth-order valence-electron chi connectivity index (χ4n) is 1.28. The van der Waals surface area contributed by atoms with E-state index in [1.54, 1.807) is 0 Å². The molecule has 0 aromatic rings. The molecule has 14 heavy (non-hydrogen) atoms. The Bertz CT molecular complexity index is 175. The zero-order valence-corrected chi connectivity index (χ0v) is 9.64. The average molecular weight is 200 g/mol. The lowest BCUT2D eigenvalue weighted by atomic mass is 9.87. The van der Waals surface area contributed by atoms with Gasteiger partial charge in [-0.2, -0.15) is 0 Å². The van der Waals surface area contributed by atoms with E-state index in [9.17, 15) is 0 Å². The Morgan fingerprint density at radius 2 is 2.00 bits per heavy atom. The fourth-order valence-corrected chi connectivity index (χ4v) is 1.28. The first-order chi connectivity index (χ1) is 6.52. The van der Waals surface area contributed by atoms with Gasteiger partial charge in [-0.1, -0.05) is 40.0 Å². The van der Waals surface area contributed by atoms with Crippen LogP contribution in [0.15, 0.2) is 4.99 Å². The maximum Gasteiger partial charge on any atom is 0.203 e. The van der Waals surface area contributed by atoms with Crippen LogP contribution in [0.25, 0.3) is 0 Å². The summed E-state index contributed by atoms with van der Waals surface area (Å²) in [6, 6.07) is 0. The highest BCUT2D eigenvalue weighted by Gasteiger charge is 2.16. The van der Waals surface area contributed by atoms with Crippen LogP contribution in [-0.4, -0.2) is 12.5 Å². The molecule has 0 aromatic carbocycles. The number of hydrogen-bond acceptors (Lipinski definition) is 2. The maximum atomic E-state index is 5.45. The van der Waals surface area contributed by atoms with Gasteiger partial charge in [-0.05, 0) is 11.8 Å². The summed E-state index contributed by atoms with van der Waals surface area (Å²) in [7, 11) is 0. The molecule has 0 aromatic heterocycles. The quantitative estimate of drug-likeness (QED) is 0.199. The van der Waals surface area contributed by atoms with E-state index in [0.717, 1.165) is 6.54 Å². The van der Waals surface area contributed by atoms with Gasteiger partial charge in [0.25, 0.3) is 0 Å². The highest BCUT2D eigenvalue weighted by molar-refractivity contribution is 5.77. The Morgan fingerprint density at radius 3 is 2.50 bits per heavy atom.